The molecule has 1 aromatic rings. The first-order valence-electron chi connectivity index (χ1n) is 3.70. The summed E-state index contributed by atoms with van der Waals surface area (Å²) in [5.41, 5.74) is -0.940. The van der Waals surface area contributed by atoms with Crippen molar-refractivity contribution in [2.24, 2.45) is 0 Å². The van der Waals surface area contributed by atoms with Crippen LogP contribution >= 0.6 is 11.6 Å². The number of carbonyl (C=O) groups excluding carboxylic acids is 1. The first kappa shape index (κ1) is 11.0. The van der Waals surface area contributed by atoms with Gasteiger partial charge in [0.1, 0.15) is 0 Å². The summed E-state index contributed by atoms with van der Waals surface area (Å²) in [5, 5.41) is -1.10. The van der Waals surface area contributed by atoms with Gasteiger partial charge in [-0.05, 0) is 30.7 Å². The van der Waals surface area contributed by atoms with E-state index in [9.17, 15) is 18.0 Å². The minimum absolute atomic E-state index is 0.501. The molecule has 0 amide bonds. The molecule has 0 N–H and O–H groups in total. The number of carbonyl (C=O) groups is 1. The van der Waals surface area contributed by atoms with Crippen molar-refractivity contribution in [2.45, 2.75) is 13.1 Å². The number of benzene rings is 1. The average Bonchev–Trinajstić information content (AvgIpc) is 2.01. The fourth-order valence-electron chi connectivity index (χ4n) is 1.07. The highest BCUT2D eigenvalue weighted by molar-refractivity contribution is 6.67. The van der Waals surface area contributed by atoms with E-state index in [4.69, 9.17) is 11.6 Å². The lowest BCUT2D eigenvalue weighted by molar-refractivity contribution is -0.137. The van der Waals surface area contributed by atoms with Gasteiger partial charge in [0, 0.05) is 5.56 Å². The van der Waals surface area contributed by atoms with Crippen molar-refractivity contribution in [1.29, 1.82) is 0 Å². The van der Waals surface area contributed by atoms with Gasteiger partial charge in [0.25, 0.3) is 5.24 Å². The molecule has 0 aromatic heterocycles. The quantitative estimate of drug-likeness (QED) is 0.666. The molecule has 14 heavy (non-hydrogen) atoms. The van der Waals surface area contributed by atoms with Gasteiger partial charge in [-0.2, -0.15) is 13.2 Å². The van der Waals surface area contributed by atoms with Crippen molar-refractivity contribution in [2.75, 3.05) is 0 Å². The van der Waals surface area contributed by atoms with Gasteiger partial charge in [0.05, 0.1) is 5.56 Å². The summed E-state index contributed by atoms with van der Waals surface area (Å²) in [7, 11) is 0. The van der Waals surface area contributed by atoms with E-state index in [1.807, 2.05) is 0 Å². The molecule has 0 radical (unpaired) electrons. The number of hydrogen-bond acceptors (Lipinski definition) is 1. The van der Waals surface area contributed by atoms with E-state index < -0.39 is 22.5 Å². The zero-order chi connectivity index (χ0) is 10.9. The Bertz CT molecular complexity index is 371. The van der Waals surface area contributed by atoms with Crippen molar-refractivity contribution >= 4 is 16.8 Å². The maximum Gasteiger partial charge on any atom is 0.417 e. The molecular formula is C9H6ClF3O. The van der Waals surface area contributed by atoms with Crippen LogP contribution in [0, 0.1) is 6.92 Å². The normalized spacial score (nSPS) is 11.5. The van der Waals surface area contributed by atoms with Gasteiger partial charge in [0.15, 0.2) is 0 Å². The lowest BCUT2D eigenvalue weighted by atomic mass is 10.1. The van der Waals surface area contributed by atoms with Crippen LogP contribution < -0.4 is 0 Å². The first-order chi connectivity index (χ1) is 6.32. The van der Waals surface area contributed by atoms with Crippen molar-refractivity contribution in [1.82, 2.24) is 0 Å². The highest BCUT2D eigenvalue weighted by Gasteiger charge is 2.34. The molecule has 0 saturated carbocycles. The number of hydrogen-bond donors (Lipinski definition) is 0. The molecule has 0 saturated heterocycles. The molecule has 1 aromatic carbocycles. The van der Waals surface area contributed by atoms with E-state index in [1.54, 1.807) is 6.92 Å². The third-order valence-electron chi connectivity index (χ3n) is 1.69. The lowest BCUT2D eigenvalue weighted by Gasteiger charge is -2.10. The molecular weight excluding hydrogens is 217 g/mol. The van der Waals surface area contributed by atoms with Gasteiger partial charge < -0.3 is 0 Å². The molecule has 76 valence electrons. The van der Waals surface area contributed by atoms with E-state index in [1.165, 1.54) is 6.07 Å². The molecule has 0 heterocycles. The van der Waals surface area contributed by atoms with Gasteiger partial charge in [-0.3, -0.25) is 4.79 Å². The molecule has 0 aliphatic rings. The van der Waals surface area contributed by atoms with Crippen molar-refractivity contribution in [3.05, 3.63) is 34.9 Å². The fourth-order valence-corrected chi connectivity index (χ4v) is 1.22. The maximum atomic E-state index is 12.3. The van der Waals surface area contributed by atoms with Crippen molar-refractivity contribution in [3.63, 3.8) is 0 Å². The number of alkyl halides is 3. The van der Waals surface area contributed by atoms with Gasteiger partial charge >= 0.3 is 6.18 Å². The zero-order valence-electron chi connectivity index (χ0n) is 7.15. The zero-order valence-corrected chi connectivity index (χ0v) is 7.91. The monoisotopic (exact) mass is 222 g/mol. The molecule has 0 unspecified atom stereocenters. The molecule has 5 heteroatoms. The van der Waals surface area contributed by atoms with Crippen molar-refractivity contribution in [3.8, 4) is 0 Å². The van der Waals surface area contributed by atoms with Gasteiger partial charge in [-0.15, -0.1) is 0 Å². The lowest BCUT2D eigenvalue weighted by Crippen LogP contribution is -2.10. The summed E-state index contributed by atoms with van der Waals surface area (Å²) in [5.74, 6) is 0. The van der Waals surface area contributed by atoms with Crippen LogP contribution in [0.15, 0.2) is 18.2 Å². The van der Waals surface area contributed by atoms with Gasteiger partial charge in [0.2, 0.25) is 0 Å². The van der Waals surface area contributed by atoms with E-state index in [0.717, 1.165) is 12.1 Å². The molecule has 0 spiro atoms. The summed E-state index contributed by atoms with van der Waals surface area (Å²) in [4.78, 5) is 10.7. The van der Waals surface area contributed by atoms with Crippen LogP contribution in [0.1, 0.15) is 21.5 Å². The van der Waals surface area contributed by atoms with E-state index in [0.29, 0.717) is 5.56 Å². The highest BCUT2D eigenvalue weighted by Crippen LogP contribution is 2.32. The Morgan fingerprint density at radius 3 is 2.36 bits per heavy atom. The van der Waals surface area contributed by atoms with Crippen LogP contribution in [0.25, 0.3) is 0 Å². The second-order valence-corrected chi connectivity index (χ2v) is 3.16. The SMILES string of the molecule is Cc1ccc(C(F)(F)F)c(C(=O)Cl)c1. The summed E-state index contributed by atoms with van der Waals surface area (Å²) >= 11 is 5.05. The summed E-state index contributed by atoms with van der Waals surface area (Å²) in [6.07, 6.45) is -4.55. The second-order valence-electron chi connectivity index (χ2n) is 2.82. The number of aryl methyl sites for hydroxylation is 1. The Kier molecular flexibility index (Phi) is 2.85. The number of rotatable bonds is 1. The van der Waals surface area contributed by atoms with Crippen LogP contribution in [0.3, 0.4) is 0 Å². The third-order valence-corrected chi connectivity index (χ3v) is 1.90. The Morgan fingerprint density at radius 2 is 1.93 bits per heavy atom. The minimum Gasteiger partial charge on any atom is -0.276 e. The van der Waals surface area contributed by atoms with Crippen molar-refractivity contribution < 1.29 is 18.0 Å². The summed E-state index contributed by atoms with van der Waals surface area (Å²) in [6, 6.07) is 3.26. The Balaban J connectivity index is 3.37. The predicted molar refractivity (Wildman–Crippen MR) is 46.4 cm³/mol. The standard InChI is InChI=1S/C9H6ClF3O/c1-5-2-3-7(9(11,12)13)6(4-5)8(10)14/h2-4H,1H3. The van der Waals surface area contributed by atoms with Gasteiger partial charge in [-0.25, -0.2) is 0 Å². The largest absolute Gasteiger partial charge is 0.417 e. The predicted octanol–water partition coefficient (Wildman–Crippen LogP) is 3.39. The molecule has 1 rings (SSSR count). The molecule has 0 aliphatic carbocycles. The van der Waals surface area contributed by atoms with Crippen LogP contribution in [0.2, 0.25) is 0 Å². The van der Waals surface area contributed by atoms with E-state index >= 15 is 0 Å². The van der Waals surface area contributed by atoms with E-state index in [2.05, 4.69) is 0 Å². The molecule has 0 aliphatic heterocycles. The smallest absolute Gasteiger partial charge is 0.276 e. The molecule has 0 bridgehead atoms. The van der Waals surface area contributed by atoms with E-state index in [-0.39, 0.29) is 0 Å². The Hall–Kier alpha value is -1.03. The van der Waals surface area contributed by atoms with Gasteiger partial charge in [-0.1, -0.05) is 11.6 Å². The molecule has 0 fully saturated rings. The minimum atomic E-state index is -4.55. The Morgan fingerprint density at radius 1 is 1.36 bits per heavy atom. The van der Waals surface area contributed by atoms with Crippen LogP contribution in [-0.2, 0) is 6.18 Å². The molecule has 0 atom stereocenters. The topological polar surface area (TPSA) is 17.1 Å². The fraction of sp³-hybridized carbons (Fsp3) is 0.222. The highest BCUT2D eigenvalue weighted by atomic mass is 35.5. The molecule has 1 nitrogen and oxygen atoms in total. The van der Waals surface area contributed by atoms with Crippen LogP contribution in [0.4, 0.5) is 13.2 Å². The number of halogens is 4. The average molecular weight is 223 g/mol. The maximum absolute atomic E-state index is 12.3. The first-order valence-corrected chi connectivity index (χ1v) is 4.08. The van der Waals surface area contributed by atoms with Crippen LogP contribution in [0.5, 0.6) is 0 Å². The van der Waals surface area contributed by atoms with Crippen LogP contribution in [-0.4, -0.2) is 5.24 Å². The third kappa shape index (κ3) is 2.26. The second kappa shape index (κ2) is 3.61. The summed E-state index contributed by atoms with van der Waals surface area (Å²) in [6.45, 7) is 1.59. The summed E-state index contributed by atoms with van der Waals surface area (Å²) < 4.78 is 37.0. The Labute approximate surface area is 83.5 Å².